The normalized spacial score (nSPS) is 15.1. The first-order chi connectivity index (χ1) is 13.0. The zero-order chi connectivity index (χ0) is 19.2. The molecule has 144 valence electrons. The van der Waals surface area contributed by atoms with Crippen molar-refractivity contribution in [3.63, 3.8) is 0 Å². The molecule has 1 aromatic heterocycles. The number of non-ortho nitro benzene ring substituents is 1. The Morgan fingerprint density at radius 1 is 0.926 bits per heavy atom. The highest BCUT2D eigenvalue weighted by molar-refractivity contribution is 7.15. The zero-order valence-corrected chi connectivity index (χ0v) is 15.9. The van der Waals surface area contributed by atoms with E-state index in [4.69, 9.17) is 0 Å². The maximum Gasteiger partial charge on any atom is 0.324 e. The lowest BCUT2D eigenvalue weighted by molar-refractivity contribution is -0.384. The Balaban J connectivity index is 1.71. The van der Waals surface area contributed by atoms with Crippen LogP contribution >= 0.6 is 11.3 Å². The van der Waals surface area contributed by atoms with E-state index in [-0.39, 0.29) is 15.6 Å². The van der Waals surface area contributed by atoms with Crippen molar-refractivity contribution in [2.75, 3.05) is 6.54 Å². The van der Waals surface area contributed by atoms with Crippen LogP contribution in [0.3, 0.4) is 0 Å². The van der Waals surface area contributed by atoms with Crippen LogP contribution in [0, 0.1) is 26.1 Å². The largest absolute Gasteiger partial charge is 0.324 e. The molecule has 27 heavy (non-hydrogen) atoms. The number of nitrogens with zero attached hydrogens (tertiary/aromatic N) is 3. The fourth-order valence-electron chi connectivity index (χ4n) is 3.67. The van der Waals surface area contributed by atoms with Crippen LogP contribution in [0.25, 0.3) is 0 Å². The van der Waals surface area contributed by atoms with Gasteiger partial charge < -0.3 is 0 Å². The molecular weight excluding hydrogens is 366 g/mol. The van der Waals surface area contributed by atoms with Crippen molar-refractivity contribution in [3.8, 4) is 0 Å². The molecule has 2 aromatic rings. The van der Waals surface area contributed by atoms with Crippen LogP contribution in [-0.2, 0) is 13.1 Å². The highest BCUT2D eigenvalue weighted by atomic mass is 32.1. The Bertz CT molecular complexity index is 785. The molecule has 0 saturated heterocycles. The molecule has 0 atom stereocenters. The summed E-state index contributed by atoms with van der Waals surface area (Å²) in [6.45, 7) is 2.29. The molecule has 8 heteroatoms. The minimum atomic E-state index is -0.394. The summed E-state index contributed by atoms with van der Waals surface area (Å²) < 4.78 is 0. The van der Waals surface area contributed by atoms with Crippen LogP contribution in [0.4, 0.5) is 10.7 Å². The molecule has 1 aromatic carbocycles. The van der Waals surface area contributed by atoms with E-state index in [1.54, 1.807) is 18.2 Å². The molecule has 0 N–H and O–H groups in total. The van der Waals surface area contributed by atoms with E-state index in [2.05, 4.69) is 4.90 Å². The number of nitro groups is 2. The summed E-state index contributed by atoms with van der Waals surface area (Å²) in [5.41, 5.74) is 1.11. The van der Waals surface area contributed by atoms with Gasteiger partial charge in [-0.25, -0.2) is 0 Å². The Labute approximate surface area is 161 Å². The average Bonchev–Trinajstić information content (AvgIpc) is 3.12. The Morgan fingerprint density at radius 3 is 2.22 bits per heavy atom. The van der Waals surface area contributed by atoms with Crippen LogP contribution in [0.5, 0.6) is 0 Å². The topological polar surface area (TPSA) is 89.5 Å². The summed E-state index contributed by atoms with van der Waals surface area (Å²) in [5, 5.41) is 21.9. The van der Waals surface area contributed by atoms with Crippen molar-refractivity contribution >= 4 is 22.0 Å². The first kappa shape index (κ1) is 19.4. The van der Waals surface area contributed by atoms with Crippen molar-refractivity contribution in [2.24, 2.45) is 5.92 Å². The number of benzene rings is 1. The minimum absolute atomic E-state index is 0.0893. The Hall–Kier alpha value is -2.32. The molecule has 0 radical (unpaired) electrons. The van der Waals surface area contributed by atoms with Gasteiger partial charge in [0.1, 0.15) is 0 Å². The number of hydrogen-bond donors (Lipinski definition) is 0. The summed E-state index contributed by atoms with van der Waals surface area (Å²) >= 11 is 1.22. The molecule has 3 rings (SSSR count). The van der Waals surface area contributed by atoms with Gasteiger partial charge in [0, 0.05) is 42.7 Å². The first-order valence-electron chi connectivity index (χ1n) is 9.20. The van der Waals surface area contributed by atoms with Gasteiger partial charge in [-0.2, -0.15) is 0 Å². The van der Waals surface area contributed by atoms with E-state index in [9.17, 15) is 20.2 Å². The number of nitro benzene ring substituents is 1. The second-order valence-corrected chi connectivity index (χ2v) is 8.24. The van der Waals surface area contributed by atoms with Crippen LogP contribution < -0.4 is 0 Å². The predicted octanol–water partition coefficient (Wildman–Crippen LogP) is 5.15. The van der Waals surface area contributed by atoms with Crippen molar-refractivity contribution in [1.29, 1.82) is 0 Å². The molecule has 7 nitrogen and oxygen atoms in total. The van der Waals surface area contributed by atoms with Gasteiger partial charge in [0.2, 0.25) is 0 Å². The van der Waals surface area contributed by atoms with E-state index in [0.29, 0.717) is 19.0 Å². The predicted molar refractivity (Wildman–Crippen MR) is 105 cm³/mol. The van der Waals surface area contributed by atoms with E-state index in [1.165, 1.54) is 55.6 Å². The van der Waals surface area contributed by atoms with E-state index >= 15 is 0 Å². The van der Waals surface area contributed by atoms with Crippen LogP contribution in [-0.4, -0.2) is 21.3 Å². The minimum Gasteiger partial charge on any atom is -0.294 e. The zero-order valence-electron chi connectivity index (χ0n) is 15.1. The molecule has 0 bridgehead atoms. The van der Waals surface area contributed by atoms with Gasteiger partial charge in [-0.05, 0) is 30.4 Å². The van der Waals surface area contributed by atoms with Gasteiger partial charge in [-0.15, -0.1) is 0 Å². The van der Waals surface area contributed by atoms with Crippen molar-refractivity contribution in [2.45, 2.75) is 45.2 Å². The van der Waals surface area contributed by atoms with Crippen LogP contribution in [0.15, 0.2) is 36.4 Å². The second-order valence-electron chi connectivity index (χ2n) is 7.09. The quantitative estimate of drug-likeness (QED) is 0.460. The van der Waals surface area contributed by atoms with E-state index < -0.39 is 4.92 Å². The molecule has 1 fully saturated rings. The Kier molecular flexibility index (Phi) is 6.52. The molecule has 1 heterocycles. The van der Waals surface area contributed by atoms with Crippen molar-refractivity contribution in [1.82, 2.24) is 4.90 Å². The summed E-state index contributed by atoms with van der Waals surface area (Å²) in [5.74, 6) is 0.645. The third-order valence-electron chi connectivity index (χ3n) is 5.00. The molecule has 1 aliphatic carbocycles. The molecular formula is C19H23N3O4S. The number of thiophene rings is 1. The molecule has 1 saturated carbocycles. The van der Waals surface area contributed by atoms with Gasteiger partial charge in [0.05, 0.1) is 9.85 Å². The van der Waals surface area contributed by atoms with Gasteiger partial charge in [0.25, 0.3) is 5.69 Å². The maximum absolute atomic E-state index is 10.9. The first-order valence-corrected chi connectivity index (χ1v) is 10.0. The maximum atomic E-state index is 10.9. The van der Waals surface area contributed by atoms with Gasteiger partial charge in [-0.1, -0.05) is 42.7 Å². The summed E-state index contributed by atoms with van der Waals surface area (Å²) in [6.07, 6.45) is 6.28. The lowest BCUT2D eigenvalue weighted by atomic mass is 9.89. The summed E-state index contributed by atoms with van der Waals surface area (Å²) in [4.78, 5) is 24.3. The SMILES string of the molecule is O=[N+]([O-])c1ccc(CN(Cc2ccc([N+](=O)[O-])s2)CC2CCCCC2)cc1. The third-order valence-corrected chi connectivity index (χ3v) is 6.02. The van der Waals surface area contributed by atoms with Crippen LogP contribution in [0.1, 0.15) is 42.5 Å². The standard InChI is InChI=1S/C19H23N3O4S/c23-21(24)17-8-6-16(7-9-17)13-20(12-15-4-2-1-3-5-15)14-18-10-11-19(27-18)22(25)26/h6-11,15H,1-5,12-14H2. The summed E-state index contributed by atoms with van der Waals surface area (Å²) in [7, 11) is 0. The Morgan fingerprint density at radius 2 is 1.63 bits per heavy atom. The molecule has 0 amide bonds. The van der Waals surface area contributed by atoms with Gasteiger partial charge >= 0.3 is 5.00 Å². The highest BCUT2D eigenvalue weighted by Gasteiger charge is 2.19. The van der Waals surface area contributed by atoms with E-state index in [0.717, 1.165) is 17.0 Å². The lowest BCUT2D eigenvalue weighted by Crippen LogP contribution is -2.29. The lowest BCUT2D eigenvalue weighted by Gasteiger charge is -2.29. The number of rotatable bonds is 8. The molecule has 0 spiro atoms. The van der Waals surface area contributed by atoms with Gasteiger partial charge in [0.15, 0.2) is 0 Å². The van der Waals surface area contributed by atoms with Crippen molar-refractivity contribution in [3.05, 3.63) is 67.1 Å². The number of hydrogen-bond acceptors (Lipinski definition) is 6. The summed E-state index contributed by atoms with van der Waals surface area (Å²) in [6, 6.07) is 10.0. The molecule has 1 aliphatic rings. The second kappa shape index (κ2) is 9.05. The smallest absolute Gasteiger partial charge is 0.294 e. The fraction of sp³-hybridized carbons (Fsp3) is 0.474. The molecule has 0 unspecified atom stereocenters. The monoisotopic (exact) mass is 389 g/mol. The fourth-order valence-corrected chi connectivity index (χ4v) is 4.53. The molecule has 0 aliphatic heterocycles. The van der Waals surface area contributed by atoms with Crippen LogP contribution in [0.2, 0.25) is 0 Å². The van der Waals surface area contributed by atoms with E-state index in [1.807, 2.05) is 6.07 Å². The van der Waals surface area contributed by atoms with Crippen molar-refractivity contribution < 1.29 is 9.85 Å². The third kappa shape index (κ3) is 5.58. The van der Waals surface area contributed by atoms with Gasteiger partial charge in [-0.3, -0.25) is 25.1 Å². The average molecular weight is 389 g/mol. The highest BCUT2D eigenvalue weighted by Crippen LogP contribution is 2.29.